The monoisotopic (exact) mass is 546 g/mol. The molecule has 0 spiro atoms. The molecule has 3 rings (SSSR count). The number of carbonyl (C=O) groups is 1. The van der Waals surface area contributed by atoms with Crippen LogP contribution in [0.1, 0.15) is 45.4 Å². The molecule has 3 saturated heterocycles. The van der Waals surface area contributed by atoms with Gasteiger partial charge in [-0.3, -0.25) is 14.8 Å². The molecule has 3 fully saturated rings. The Balaban J connectivity index is 1.75. The van der Waals surface area contributed by atoms with Crippen molar-refractivity contribution in [3.8, 4) is 0 Å². The van der Waals surface area contributed by atoms with E-state index in [0.29, 0.717) is 0 Å². The van der Waals surface area contributed by atoms with E-state index < -0.39 is 68.4 Å². The van der Waals surface area contributed by atoms with Crippen molar-refractivity contribution in [1.29, 1.82) is 0 Å². The summed E-state index contributed by atoms with van der Waals surface area (Å²) in [5, 5.41) is 63.7. The van der Waals surface area contributed by atoms with Gasteiger partial charge in [0.15, 0.2) is 18.7 Å². The van der Waals surface area contributed by atoms with E-state index in [0.717, 1.165) is 71.6 Å². The summed E-state index contributed by atoms with van der Waals surface area (Å²) in [6.45, 7) is 2.91. The van der Waals surface area contributed by atoms with Gasteiger partial charge >= 0.3 is 5.97 Å². The Morgan fingerprint density at radius 3 is 2.08 bits per heavy atom. The number of nitrogens with zero attached hydrogens (tertiary/aromatic N) is 4. The number of piperidine rings is 2. The Kier molecular flexibility index (Phi) is 12.6. The van der Waals surface area contributed by atoms with Crippen molar-refractivity contribution >= 4 is 18.4 Å². The molecule has 0 bridgehead atoms. The van der Waals surface area contributed by atoms with E-state index in [1.165, 1.54) is 12.4 Å². The van der Waals surface area contributed by atoms with Crippen LogP contribution in [0.2, 0.25) is 0 Å². The van der Waals surface area contributed by atoms with Crippen LogP contribution in [0.5, 0.6) is 0 Å². The molecule has 0 radical (unpaired) electrons. The lowest BCUT2D eigenvalue weighted by Crippen LogP contribution is -2.61. The van der Waals surface area contributed by atoms with Gasteiger partial charge in [0.05, 0.1) is 25.6 Å². The van der Waals surface area contributed by atoms with E-state index in [9.17, 15) is 30.3 Å². The van der Waals surface area contributed by atoms with Crippen LogP contribution in [0, 0.1) is 0 Å². The quantitative estimate of drug-likeness (QED) is 0.107. The summed E-state index contributed by atoms with van der Waals surface area (Å²) in [5.41, 5.74) is 0. The Morgan fingerprint density at radius 2 is 1.55 bits per heavy atom. The smallest absolute Gasteiger partial charge is 0.303 e. The average Bonchev–Trinajstić information content (AvgIpc) is 2.93. The van der Waals surface area contributed by atoms with Crippen molar-refractivity contribution in [3.05, 3.63) is 0 Å². The zero-order valence-electron chi connectivity index (χ0n) is 21.8. The normalized spacial score (nSPS) is 31.5. The highest BCUT2D eigenvalue weighted by Crippen LogP contribution is 2.26. The van der Waals surface area contributed by atoms with Gasteiger partial charge < -0.3 is 44.5 Å². The number of carbonyl (C=O) groups excluding carboxylic acids is 1. The minimum atomic E-state index is -1.63. The van der Waals surface area contributed by atoms with Crippen LogP contribution < -0.4 is 0 Å². The van der Waals surface area contributed by atoms with E-state index in [-0.39, 0.29) is 0 Å². The van der Waals surface area contributed by atoms with Gasteiger partial charge in [0.2, 0.25) is 0 Å². The zero-order valence-corrected chi connectivity index (χ0v) is 21.8. The predicted molar refractivity (Wildman–Crippen MR) is 134 cm³/mol. The van der Waals surface area contributed by atoms with Crippen molar-refractivity contribution in [1.82, 2.24) is 10.0 Å². The first kappa shape index (κ1) is 30.6. The summed E-state index contributed by atoms with van der Waals surface area (Å²) in [6, 6.07) is 0. The van der Waals surface area contributed by atoms with Gasteiger partial charge in [-0.05, 0) is 38.5 Å². The SMILES string of the molecule is CC(=O)O[C@H]1[C@@H](O)[C@H](CO)O[C@H](O[C@@H](/C=N/N2CCCCC2)[C@@H](CO)O[C@H](O)/C=N\N2CCCCC2)[C@@H]1O. The number of esters is 1. The average molecular weight is 547 g/mol. The largest absolute Gasteiger partial charge is 0.457 e. The number of aliphatic hydroxyl groups is 5. The molecule has 3 aliphatic rings. The molecule has 218 valence electrons. The summed E-state index contributed by atoms with van der Waals surface area (Å²) in [6.07, 6.45) is -2.24. The summed E-state index contributed by atoms with van der Waals surface area (Å²) in [7, 11) is 0. The van der Waals surface area contributed by atoms with Crippen LogP contribution in [-0.4, -0.2) is 143 Å². The standard InChI is InChI=1S/C24H42N4O10/c1-16(31)35-23-21(33)19(15-30)38-24(22(23)34)37-17(12-25-27-8-4-2-5-9-27)18(14-29)36-20(32)13-26-28-10-6-3-7-11-28/h12-13,17-24,29-30,32-34H,2-11,14-15H2,1H3/b25-12+,26-13-/t17-,18+,19-,20-,21-,22+,23-,24-/m0/s1. The number of ether oxygens (including phenoxy) is 4. The fourth-order valence-electron chi connectivity index (χ4n) is 4.61. The predicted octanol–water partition coefficient (Wildman–Crippen LogP) is -1.62. The van der Waals surface area contributed by atoms with Gasteiger partial charge in [0.25, 0.3) is 0 Å². The highest BCUT2D eigenvalue weighted by molar-refractivity contribution is 5.66. The van der Waals surface area contributed by atoms with Gasteiger partial charge in [-0.1, -0.05) is 0 Å². The van der Waals surface area contributed by atoms with E-state index in [1.807, 2.05) is 10.0 Å². The van der Waals surface area contributed by atoms with Crippen molar-refractivity contribution < 1.29 is 49.3 Å². The third-order valence-electron chi connectivity index (χ3n) is 6.68. The van der Waals surface area contributed by atoms with E-state index in [1.54, 1.807) is 0 Å². The lowest BCUT2D eigenvalue weighted by molar-refractivity contribution is -0.315. The minimum Gasteiger partial charge on any atom is -0.457 e. The van der Waals surface area contributed by atoms with Crippen LogP contribution in [0.25, 0.3) is 0 Å². The first-order chi connectivity index (χ1) is 18.3. The second-order valence-electron chi connectivity index (χ2n) is 9.69. The molecule has 0 saturated carbocycles. The highest BCUT2D eigenvalue weighted by Gasteiger charge is 2.48. The Bertz CT molecular complexity index is 762. The van der Waals surface area contributed by atoms with Crippen molar-refractivity contribution in [3.63, 3.8) is 0 Å². The lowest BCUT2D eigenvalue weighted by atomic mass is 9.99. The number of hydrogen-bond donors (Lipinski definition) is 5. The number of rotatable bonds is 12. The first-order valence-electron chi connectivity index (χ1n) is 13.3. The summed E-state index contributed by atoms with van der Waals surface area (Å²) in [4.78, 5) is 11.5. The molecule has 3 aliphatic heterocycles. The van der Waals surface area contributed by atoms with E-state index >= 15 is 0 Å². The lowest BCUT2D eigenvalue weighted by Gasteiger charge is -2.42. The number of hydrazone groups is 2. The second-order valence-corrected chi connectivity index (χ2v) is 9.69. The molecule has 8 atom stereocenters. The molecule has 0 aliphatic carbocycles. The topological polar surface area (TPSA) is 186 Å². The molecule has 5 N–H and O–H groups in total. The first-order valence-corrected chi connectivity index (χ1v) is 13.3. The van der Waals surface area contributed by atoms with E-state index in [4.69, 9.17) is 18.9 Å². The van der Waals surface area contributed by atoms with Crippen LogP contribution in [0.15, 0.2) is 10.2 Å². The van der Waals surface area contributed by atoms with Crippen molar-refractivity contribution in [2.45, 2.75) is 94.7 Å². The van der Waals surface area contributed by atoms with E-state index in [2.05, 4.69) is 10.2 Å². The third-order valence-corrected chi connectivity index (χ3v) is 6.68. The van der Waals surface area contributed by atoms with Gasteiger partial charge in [0, 0.05) is 33.1 Å². The molecule has 0 amide bonds. The molecule has 0 aromatic heterocycles. The van der Waals surface area contributed by atoms with Crippen molar-refractivity contribution in [2.75, 3.05) is 39.4 Å². The minimum absolute atomic E-state index is 0.590. The van der Waals surface area contributed by atoms with Gasteiger partial charge in [-0.15, -0.1) is 0 Å². The molecule has 3 heterocycles. The van der Waals surface area contributed by atoms with Crippen LogP contribution in [-0.2, 0) is 23.7 Å². The second kappa shape index (κ2) is 15.6. The summed E-state index contributed by atoms with van der Waals surface area (Å²) in [5.74, 6) is -0.749. The molecule has 14 nitrogen and oxygen atoms in total. The number of aliphatic hydroxyl groups excluding tert-OH is 5. The highest BCUT2D eigenvalue weighted by atomic mass is 16.7. The maximum atomic E-state index is 11.5. The van der Waals surface area contributed by atoms with Crippen LogP contribution in [0.3, 0.4) is 0 Å². The zero-order chi connectivity index (χ0) is 27.5. The molecule has 14 heteroatoms. The molecular formula is C24H42N4O10. The molecule has 0 unspecified atom stereocenters. The van der Waals surface area contributed by atoms with Crippen molar-refractivity contribution in [2.24, 2.45) is 10.2 Å². The molecule has 38 heavy (non-hydrogen) atoms. The Labute approximate surface area is 222 Å². The van der Waals surface area contributed by atoms with Gasteiger partial charge in [-0.25, -0.2) is 0 Å². The fourth-order valence-corrected chi connectivity index (χ4v) is 4.61. The van der Waals surface area contributed by atoms with Crippen LogP contribution >= 0.6 is 0 Å². The fraction of sp³-hybridized carbons (Fsp3) is 0.875. The summed E-state index contributed by atoms with van der Waals surface area (Å²) < 4.78 is 22.1. The molecule has 0 aromatic carbocycles. The Hall–Kier alpha value is -1.91. The maximum absolute atomic E-state index is 11.5. The maximum Gasteiger partial charge on any atom is 0.303 e. The summed E-state index contributed by atoms with van der Waals surface area (Å²) >= 11 is 0. The van der Waals surface area contributed by atoms with Gasteiger partial charge in [-0.2, -0.15) is 10.2 Å². The van der Waals surface area contributed by atoms with Crippen LogP contribution in [0.4, 0.5) is 0 Å². The van der Waals surface area contributed by atoms with Gasteiger partial charge in [0.1, 0.15) is 30.5 Å². The molecule has 0 aromatic rings. The Morgan fingerprint density at radius 1 is 0.974 bits per heavy atom. The molecular weight excluding hydrogens is 504 g/mol. The third kappa shape index (κ3) is 9.09. The number of hydrogen-bond acceptors (Lipinski definition) is 14.